The van der Waals surface area contributed by atoms with Gasteiger partial charge in [0.2, 0.25) is 0 Å². The summed E-state index contributed by atoms with van der Waals surface area (Å²) in [7, 11) is 2.58. The van der Waals surface area contributed by atoms with E-state index in [1.54, 1.807) is 6.07 Å². The normalized spacial score (nSPS) is 10.9. The van der Waals surface area contributed by atoms with Gasteiger partial charge in [-0.15, -0.1) is 9.24 Å². The van der Waals surface area contributed by atoms with Gasteiger partial charge in [0.25, 0.3) is 0 Å². The maximum atomic E-state index is 13.6. The molecule has 0 N–H and O–H groups in total. The quantitative estimate of drug-likeness (QED) is 0.256. The van der Waals surface area contributed by atoms with E-state index in [2.05, 4.69) is 52.6 Å². The summed E-state index contributed by atoms with van der Waals surface area (Å²) in [4.78, 5) is 0. The minimum absolute atomic E-state index is 0.299. The number of halogens is 3. The highest BCUT2D eigenvalue weighted by Crippen LogP contribution is 2.29. The molecule has 0 amide bonds. The van der Waals surface area contributed by atoms with Gasteiger partial charge in [-0.25, -0.2) is 13.2 Å². The lowest BCUT2D eigenvalue weighted by molar-refractivity contribution is 0.448. The number of hydrogen-bond acceptors (Lipinski definition) is 0. The van der Waals surface area contributed by atoms with Crippen LogP contribution in [0.2, 0.25) is 0 Å². The van der Waals surface area contributed by atoms with Gasteiger partial charge in [-0.05, 0) is 63.8 Å². The van der Waals surface area contributed by atoms with Gasteiger partial charge in [0.05, 0.1) is 0 Å². The van der Waals surface area contributed by atoms with Gasteiger partial charge in [0.1, 0.15) is 0 Å². The van der Waals surface area contributed by atoms with Crippen molar-refractivity contribution in [1.29, 1.82) is 0 Å². The van der Waals surface area contributed by atoms with E-state index < -0.39 is 17.5 Å². The van der Waals surface area contributed by atoms with Crippen molar-refractivity contribution in [1.82, 2.24) is 0 Å². The number of rotatable bonds is 3. The molecule has 0 aliphatic heterocycles. The SMILES string of the molecule is Cc1ccc(-c2ccc(-c3ccc(-c4cc(F)c(F)c(F)c4)c(P)c3)cc2)cc1. The van der Waals surface area contributed by atoms with Gasteiger partial charge in [0, 0.05) is 0 Å². The molecule has 144 valence electrons. The Morgan fingerprint density at radius 3 is 1.52 bits per heavy atom. The number of hydrogen-bond donors (Lipinski definition) is 0. The van der Waals surface area contributed by atoms with E-state index in [0.29, 0.717) is 11.1 Å². The van der Waals surface area contributed by atoms with Crippen LogP contribution < -0.4 is 5.30 Å². The Bertz CT molecular complexity index is 1160. The Hall–Kier alpha value is -2.90. The average Bonchev–Trinajstić information content (AvgIpc) is 2.72. The lowest BCUT2D eigenvalue weighted by Crippen LogP contribution is -2.00. The number of aryl methyl sites for hydroxylation is 1. The summed E-state index contributed by atoms with van der Waals surface area (Å²) in [5.41, 5.74) is 6.46. The summed E-state index contributed by atoms with van der Waals surface area (Å²) in [5, 5.41) is 0.774. The van der Waals surface area contributed by atoms with Crippen LogP contribution in [0, 0.1) is 24.4 Å². The predicted molar refractivity (Wildman–Crippen MR) is 117 cm³/mol. The third-order valence-corrected chi connectivity index (χ3v) is 5.43. The topological polar surface area (TPSA) is 0 Å². The predicted octanol–water partition coefficient (Wildman–Crippen LogP) is 6.91. The molecule has 0 aliphatic rings. The molecule has 0 spiro atoms. The second-order valence-corrected chi connectivity index (χ2v) is 7.62. The van der Waals surface area contributed by atoms with Crippen molar-refractivity contribution in [2.24, 2.45) is 0 Å². The Kier molecular flexibility index (Phi) is 5.25. The molecule has 0 aliphatic carbocycles. The average molecular weight is 406 g/mol. The minimum Gasteiger partial charge on any atom is -0.204 e. The maximum absolute atomic E-state index is 13.6. The molecule has 0 fully saturated rings. The molecule has 4 heteroatoms. The highest BCUT2D eigenvalue weighted by Gasteiger charge is 2.13. The molecule has 4 aromatic rings. The van der Waals surface area contributed by atoms with Gasteiger partial charge < -0.3 is 0 Å². The summed E-state index contributed by atoms with van der Waals surface area (Å²) < 4.78 is 40.4. The fraction of sp³-hybridized carbons (Fsp3) is 0.0400. The van der Waals surface area contributed by atoms with E-state index >= 15 is 0 Å². The molecule has 1 unspecified atom stereocenters. The molecule has 0 heterocycles. The third kappa shape index (κ3) is 3.97. The fourth-order valence-electron chi connectivity index (χ4n) is 3.32. The van der Waals surface area contributed by atoms with Crippen molar-refractivity contribution >= 4 is 14.5 Å². The lowest BCUT2D eigenvalue weighted by atomic mass is 9.97. The van der Waals surface area contributed by atoms with Crippen LogP contribution in [-0.2, 0) is 0 Å². The molecule has 0 saturated heterocycles. The van der Waals surface area contributed by atoms with Crippen LogP contribution in [0.4, 0.5) is 13.2 Å². The summed E-state index contributed by atoms with van der Waals surface area (Å²) in [6, 6.07) is 24.2. The van der Waals surface area contributed by atoms with Crippen molar-refractivity contribution in [2.45, 2.75) is 6.92 Å². The molecule has 0 nitrogen and oxygen atoms in total. The van der Waals surface area contributed by atoms with Crippen molar-refractivity contribution in [3.63, 3.8) is 0 Å². The Morgan fingerprint density at radius 2 is 1.00 bits per heavy atom. The zero-order valence-electron chi connectivity index (χ0n) is 15.7. The summed E-state index contributed by atoms with van der Waals surface area (Å²) in [6.07, 6.45) is 0. The van der Waals surface area contributed by atoms with Crippen LogP contribution in [0.1, 0.15) is 5.56 Å². The Balaban J connectivity index is 1.65. The first-order valence-electron chi connectivity index (χ1n) is 9.14. The molecule has 0 radical (unpaired) electrons. The van der Waals surface area contributed by atoms with Crippen LogP contribution in [0.3, 0.4) is 0 Å². The third-order valence-electron chi connectivity index (χ3n) is 4.95. The van der Waals surface area contributed by atoms with Crippen molar-refractivity contribution in [2.75, 3.05) is 0 Å². The van der Waals surface area contributed by atoms with Gasteiger partial charge >= 0.3 is 0 Å². The molecular formula is C25H18F3P. The van der Waals surface area contributed by atoms with Crippen molar-refractivity contribution < 1.29 is 13.2 Å². The van der Waals surface area contributed by atoms with E-state index in [9.17, 15) is 13.2 Å². The monoisotopic (exact) mass is 406 g/mol. The smallest absolute Gasteiger partial charge is 0.194 e. The Labute approximate surface area is 170 Å². The minimum atomic E-state index is -1.45. The molecule has 4 aromatic carbocycles. The molecule has 4 rings (SSSR count). The molecular weight excluding hydrogens is 388 g/mol. The molecule has 29 heavy (non-hydrogen) atoms. The Morgan fingerprint density at radius 1 is 0.552 bits per heavy atom. The van der Waals surface area contributed by atoms with Gasteiger partial charge in [0.15, 0.2) is 17.5 Å². The second kappa shape index (κ2) is 7.85. The van der Waals surface area contributed by atoms with Gasteiger partial charge in [-0.3, -0.25) is 0 Å². The van der Waals surface area contributed by atoms with E-state index in [0.717, 1.165) is 39.7 Å². The van der Waals surface area contributed by atoms with Crippen LogP contribution >= 0.6 is 9.24 Å². The lowest BCUT2D eigenvalue weighted by Gasteiger charge is -2.11. The molecule has 0 saturated carbocycles. The van der Waals surface area contributed by atoms with Gasteiger partial charge in [-0.2, -0.15) is 0 Å². The summed E-state index contributed by atoms with van der Waals surface area (Å²) in [6.45, 7) is 2.06. The molecule has 1 atom stereocenters. The van der Waals surface area contributed by atoms with Crippen LogP contribution in [0.5, 0.6) is 0 Å². The fourth-order valence-corrected chi connectivity index (χ4v) is 3.76. The zero-order chi connectivity index (χ0) is 20.5. The van der Waals surface area contributed by atoms with Crippen LogP contribution in [0.25, 0.3) is 33.4 Å². The van der Waals surface area contributed by atoms with Crippen molar-refractivity contribution in [3.8, 4) is 33.4 Å². The van der Waals surface area contributed by atoms with Crippen LogP contribution in [0.15, 0.2) is 78.9 Å². The first-order valence-corrected chi connectivity index (χ1v) is 9.72. The van der Waals surface area contributed by atoms with Crippen molar-refractivity contribution in [3.05, 3.63) is 102 Å². The van der Waals surface area contributed by atoms with Gasteiger partial charge in [-0.1, -0.05) is 66.2 Å². The van der Waals surface area contributed by atoms with E-state index in [-0.39, 0.29) is 0 Å². The molecule has 0 bridgehead atoms. The first kappa shape index (κ1) is 19.4. The zero-order valence-corrected chi connectivity index (χ0v) is 16.9. The summed E-state index contributed by atoms with van der Waals surface area (Å²) in [5.74, 6) is -3.84. The number of benzene rings is 4. The van der Waals surface area contributed by atoms with E-state index in [4.69, 9.17) is 0 Å². The second-order valence-electron chi connectivity index (χ2n) is 7.00. The van der Waals surface area contributed by atoms with E-state index in [1.165, 1.54) is 5.56 Å². The van der Waals surface area contributed by atoms with Crippen LogP contribution in [-0.4, -0.2) is 0 Å². The first-order chi connectivity index (χ1) is 13.9. The largest absolute Gasteiger partial charge is 0.204 e. The highest BCUT2D eigenvalue weighted by molar-refractivity contribution is 7.28. The maximum Gasteiger partial charge on any atom is 0.194 e. The van der Waals surface area contributed by atoms with E-state index in [1.807, 2.05) is 24.3 Å². The molecule has 0 aromatic heterocycles. The standard InChI is InChI=1S/C25H18F3P/c1-15-2-4-16(5-3-15)17-6-8-18(9-7-17)19-10-11-21(24(29)14-19)20-12-22(26)25(28)23(27)13-20/h2-14H,29H2,1H3. The highest BCUT2D eigenvalue weighted by atomic mass is 31.0. The summed E-state index contributed by atoms with van der Waals surface area (Å²) >= 11 is 0.